The molecule has 30 heavy (non-hydrogen) atoms. The summed E-state index contributed by atoms with van der Waals surface area (Å²) in [4.78, 5) is 12.7. The Morgan fingerprint density at radius 3 is 2.40 bits per heavy atom. The Bertz CT molecular complexity index is 1220. The molecule has 154 valence electrons. The van der Waals surface area contributed by atoms with E-state index in [0.29, 0.717) is 30.7 Å². The number of fused-ring (bicyclic) bond motifs is 3. The van der Waals surface area contributed by atoms with Crippen molar-refractivity contribution in [3.8, 4) is 11.5 Å². The Morgan fingerprint density at radius 2 is 1.70 bits per heavy atom. The minimum atomic E-state index is -0.382. The molecule has 1 N–H and O–H groups in total. The number of rotatable bonds is 6. The van der Waals surface area contributed by atoms with Crippen molar-refractivity contribution < 1.29 is 19.4 Å². The molecule has 0 saturated heterocycles. The van der Waals surface area contributed by atoms with Gasteiger partial charge in [0.2, 0.25) is 0 Å². The Hall–Kier alpha value is -3.47. The summed E-state index contributed by atoms with van der Waals surface area (Å²) >= 11 is 0. The van der Waals surface area contributed by atoms with Gasteiger partial charge >= 0.3 is 5.97 Å². The van der Waals surface area contributed by atoms with Crippen LogP contribution in [0.15, 0.2) is 54.6 Å². The topological polar surface area (TPSA) is 60.7 Å². The Balaban J connectivity index is 1.80. The van der Waals surface area contributed by atoms with Crippen molar-refractivity contribution in [3.63, 3.8) is 0 Å². The highest BCUT2D eigenvalue weighted by Gasteiger charge is 2.23. The van der Waals surface area contributed by atoms with Crippen molar-refractivity contribution in [2.75, 3.05) is 13.2 Å². The van der Waals surface area contributed by atoms with Crippen LogP contribution in [-0.4, -0.2) is 28.9 Å². The van der Waals surface area contributed by atoms with E-state index < -0.39 is 0 Å². The van der Waals surface area contributed by atoms with E-state index >= 15 is 0 Å². The Morgan fingerprint density at radius 1 is 1.00 bits per heavy atom. The summed E-state index contributed by atoms with van der Waals surface area (Å²) in [5.41, 5.74) is 3.37. The maximum Gasteiger partial charge on any atom is 0.340 e. The first kappa shape index (κ1) is 19.8. The molecule has 0 bridgehead atoms. The van der Waals surface area contributed by atoms with Crippen LogP contribution in [0.3, 0.4) is 0 Å². The highest BCUT2D eigenvalue weighted by molar-refractivity contribution is 6.16. The molecule has 0 aliphatic rings. The summed E-state index contributed by atoms with van der Waals surface area (Å²) < 4.78 is 13.3. The number of carbonyl (C=O) groups excluding carboxylic acids is 1. The molecule has 1 aromatic heterocycles. The predicted molar refractivity (Wildman–Crippen MR) is 118 cm³/mol. The molecule has 0 fully saturated rings. The molecule has 4 aromatic rings. The van der Waals surface area contributed by atoms with Crippen molar-refractivity contribution >= 4 is 27.6 Å². The van der Waals surface area contributed by atoms with Gasteiger partial charge in [-0.15, -0.1) is 0 Å². The van der Waals surface area contributed by atoms with Crippen molar-refractivity contribution in [2.45, 2.75) is 27.3 Å². The first-order valence-electron chi connectivity index (χ1n) is 10.1. The van der Waals surface area contributed by atoms with Crippen LogP contribution >= 0.6 is 0 Å². The molecule has 0 spiro atoms. The van der Waals surface area contributed by atoms with Gasteiger partial charge in [-0.05, 0) is 39.0 Å². The molecule has 5 nitrogen and oxygen atoms in total. The summed E-state index contributed by atoms with van der Waals surface area (Å²) in [6.45, 7) is 7.03. The van der Waals surface area contributed by atoms with Gasteiger partial charge in [0, 0.05) is 21.9 Å². The van der Waals surface area contributed by atoms with E-state index in [-0.39, 0.29) is 11.7 Å². The van der Waals surface area contributed by atoms with Gasteiger partial charge in [-0.1, -0.05) is 42.0 Å². The fraction of sp³-hybridized carbons (Fsp3) is 0.240. The average Bonchev–Trinajstić information content (AvgIpc) is 3.01. The molecule has 0 aliphatic carbocycles. The second kappa shape index (κ2) is 8.11. The van der Waals surface area contributed by atoms with E-state index in [1.807, 2.05) is 62.4 Å². The number of aromatic hydroxyl groups is 1. The lowest BCUT2D eigenvalue weighted by Crippen LogP contribution is -2.11. The van der Waals surface area contributed by atoms with Gasteiger partial charge in [-0.3, -0.25) is 0 Å². The van der Waals surface area contributed by atoms with Gasteiger partial charge in [0.1, 0.15) is 18.1 Å². The minimum Gasteiger partial charge on any atom is -0.507 e. The van der Waals surface area contributed by atoms with Crippen LogP contribution in [0, 0.1) is 13.8 Å². The van der Waals surface area contributed by atoms with Crippen LogP contribution in [0.1, 0.15) is 28.5 Å². The number of nitrogens with zero attached hydrogens (tertiary/aromatic N) is 1. The number of aromatic nitrogens is 1. The molecule has 5 heteroatoms. The van der Waals surface area contributed by atoms with Crippen LogP contribution in [0.5, 0.6) is 11.5 Å². The quantitative estimate of drug-likeness (QED) is 0.440. The van der Waals surface area contributed by atoms with E-state index in [4.69, 9.17) is 9.47 Å². The SMILES string of the molecule is CCOC(=O)c1c(C)n(CCOc2ccc(C)cc2)c2c1cc(O)c1ccccc12. The lowest BCUT2D eigenvalue weighted by atomic mass is 10.0. The molecule has 0 amide bonds. The van der Waals surface area contributed by atoms with Gasteiger partial charge in [-0.25, -0.2) is 4.79 Å². The molecular weight excluding hydrogens is 378 g/mol. The van der Waals surface area contributed by atoms with Gasteiger partial charge in [-0.2, -0.15) is 0 Å². The number of phenolic OH excluding ortho intramolecular Hbond substituents is 1. The molecule has 1 heterocycles. The molecule has 0 atom stereocenters. The molecule has 0 aliphatic heterocycles. The summed E-state index contributed by atoms with van der Waals surface area (Å²) in [5, 5.41) is 12.9. The third-order valence-electron chi connectivity index (χ3n) is 5.38. The fourth-order valence-corrected chi connectivity index (χ4v) is 3.95. The molecule has 0 saturated carbocycles. The number of hydrogen-bond donors (Lipinski definition) is 1. The van der Waals surface area contributed by atoms with Crippen molar-refractivity contribution in [3.05, 3.63) is 71.4 Å². The Labute approximate surface area is 175 Å². The van der Waals surface area contributed by atoms with E-state index in [9.17, 15) is 9.90 Å². The predicted octanol–water partition coefficient (Wildman–Crippen LogP) is 5.37. The van der Waals surface area contributed by atoms with Crippen molar-refractivity contribution in [2.24, 2.45) is 0 Å². The lowest BCUT2D eigenvalue weighted by Gasteiger charge is -2.12. The molecular formula is C25H25NO4. The summed E-state index contributed by atoms with van der Waals surface area (Å²) in [6, 6.07) is 17.3. The normalized spacial score (nSPS) is 11.2. The largest absolute Gasteiger partial charge is 0.507 e. The monoisotopic (exact) mass is 403 g/mol. The van der Waals surface area contributed by atoms with Crippen molar-refractivity contribution in [1.29, 1.82) is 0 Å². The number of carbonyl (C=O) groups is 1. The third-order valence-corrected chi connectivity index (χ3v) is 5.38. The van der Waals surface area contributed by atoms with Gasteiger partial charge in [0.25, 0.3) is 0 Å². The number of ether oxygens (including phenoxy) is 2. The van der Waals surface area contributed by atoms with E-state index in [1.54, 1.807) is 13.0 Å². The van der Waals surface area contributed by atoms with E-state index in [1.165, 1.54) is 5.56 Å². The number of benzene rings is 3. The van der Waals surface area contributed by atoms with E-state index in [0.717, 1.165) is 27.7 Å². The standard InChI is InChI=1S/C25H25NO4/c1-4-29-25(28)23-17(3)26(13-14-30-18-11-9-16(2)10-12-18)24-20-8-6-5-7-19(20)22(27)15-21(23)24/h5-12,15,27H,4,13-14H2,1-3H3. The van der Waals surface area contributed by atoms with Crippen LogP contribution < -0.4 is 4.74 Å². The number of esters is 1. The van der Waals surface area contributed by atoms with Gasteiger partial charge in [0.05, 0.1) is 24.2 Å². The summed E-state index contributed by atoms with van der Waals surface area (Å²) in [7, 11) is 0. The lowest BCUT2D eigenvalue weighted by molar-refractivity contribution is 0.0527. The Kier molecular flexibility index (Phi) is 5.36. The number of aryl methyl sites for hydroxylation is 1. The minimum absolute atomic E-state index is 0.150. The van der Waals surface area contributed by atoms with Gasteiger partial charge in [0.15, 0.2) is 0 Å². The van der Waals surface area contributed by atoms with E-state index in [2.05, 4.69) is 4.57 Å². The van der Waals surface area contributed by atoms with Gasteiger partial charge < -0.3 is 19.1 Å². The fourth-order valence-electron chi connectivity index (χ4n) is 3.95. The zero-order valence-electron chi connectivity index (χ0n) is 17.4. The number of hydrogen-bond acceptors (Lipinski definition) is 4. The zero-order chi connectivity index (χ0) is 21.3. The van der Waals surface area contributed by atoms with Crippen LogP contribution in [0.4, 0.5) is 0 Å². The zero-order valence-corrected chi connectivity index (χ0v) is 17.4. The maximum absolute atomic E-state index is 12.7. The van der Waals surface area contributed by atoms with Crippen LogP contribution in [0.2, 0.25) is 0 Å². The molecule has 3 aromatic carbocycles. The highest BCUT2D eigenvalue weighted by Crippen LogP contribution is 2.37. The smallest absolute Gasteiger partial charge is 0.340 e. The first-order chi connectivity index (χ1) is 14.5. The second-order valence-corrected chi connectivity index (χ2v) is 7.33. The first-order valence-corrected chi connectivity index (χ1v) is 10.1. The average molecular weight is 403 g/mol. The van der Waals surface area contributed by atoms with Crippen LogP contribution in [0.25, 0.3) is 21.7 Å². The third kappa shape index (κ3) is 3.47. The van der Waals surface area contributed by atoms with Crippen molar-refractivity contribution in [1.82, 2.24) is 4.57 Å². The number of phenols is 1. The molecule has 4 rings (SSSR count). The summed E-state index contributed by atoms with van der Waals surface area (Å²) in [5.74, 6) is 0.576. The maximum atomic E-state index is 12.7. The van der Waals surface area contributed by atoms with Crippen LogP contribution in [-0.2, 0) is 11.3 Å². The molecule has 0 unspecified atom stereocenters. The molecule has 0 radical (unpaired) electrons. The highest BCUT2D eigenvalue weighted by atomic mass is 16.5. The summed E-state index contributed by atoms with van der Waals surface area (Å²) in [6.07, 6.45) is 0. The second-order valence-electron chi connectivity index (χ2n) is 7.33.